The molecular weight excluding hydrogens is 422 g/mol. The first-order valence-electron chi connectivity index (χ1n) is 7.30. The third-order valence-electron chi connectivity index (χ3n) is 3.70. The molecule has 0 aliphatic rings. The van der Waals surface area contributed by atoms with E-state index in [-0.39, 0.29) is 33.6 Å². The number of halogens is 5. The fraction of sp³-hybridized carbons (Fsp3) is 0.188. The molecule has 0 atom stereocenters. The van der Waals surface area contributed by atoms with Crippen LogP contribution in [0.15, 0.2) is 29.0 Å². The number of nitrogens with zero attached hydrogens (tertiary/aromatic N) is 3. The molecule has 0 aliphatic heterocycles. The molecule has 0 saturated carbocycles. The maximum atomic E-state index is 13.5. The molecule has 5 nitrogen and oxygen atoms in total. The molecule has 0 unspecified atom stereocenters. The summed E-state index contributed by atoms with van der Waals surface area (Å²) < 4.78 is 53.6. The number of fused-ring (bicyclic) bond motifs is 1. The Labute approximate surface area is 152 Å². The number of aromatic nitrogens is 3. The Morgan fingerprint density at radius 3 is 2.65 bits per heavy atom. The number of rotatable bonds is 3. The summed E-state index contributed by atoms with van der Waals surface area (Å²) >= 11 is 2.82. The van der Waals surface area contributed by atoms with Gasteiger partial charge in [0.25, 0.3) is 0 Å². The predicted molar refractivity (Wildman–Crippen MR) is 86.6 cm³/mol. The molecule has 0 saturated heterocycles. The van der Waals surface area contributed by atoms with Gasteiger partial charge >= 0.3 is 6.18 Å². The number of phenols is 1. The molecular formula is C16H10BrF4N3O2. The minimum atomic E-state index is -4.86. The maximum absolute atomic E-state index is 13.5. The number of phenolic OH excluding ortho intramolecular Hbond substituents is 1. The van der Waals surface area contributed by atoms with Crippen LogP contribution < -0.4 is 0 Å². The molecule has 0 spiro atoms. The lowest BCUT2D eigenvalue weighted by molar-refractivity contribution is -0.138. The van der Waals surface area contributed by atoms with Gasteiger partial charge in [-0.3, -0.25) is 9.20 Å². The van der Waals surface area contributed by atoms with E-state index in [0.717, 1.165) is 22.9 Å². The number of carbonyl (C=O) groups excluding carboxylic acids is 1. The second kappa shape index (κ2) is 6.35. The first-order valence-corrected chi connectivity index (χ1v) is 8.09. The number of aryl methyl sites for hydroxylation is 1. The highest BCUT2D eigenvalue weighted by Gasteiger charge is 2.36. The van der Waals surface area contributed by atoms with Crippen LogP contribution in [-0.2, 0) is 12.6 Å². The number of imidazole rings is 1. The summed E-state index contributed by atoms with van der Waals surface area (Å²) in [7, 11) is 0. The van der Waals surface area contributed by atoms with Crippen LogP contribution >= 0.6 is 15.9 Å². The average Bonchev–Trinajstić information content (AvgIpc) is 2.93. The van der Waals surface area contributed by atoms with Crippen molar-refractivity contribution in [2.75, 3.05) is 0 Å². The number of hydrogen-bond acceptors (Lipinski definition) is 4. The molecule has 1 aromatic carbocycles. The topological polar surface area (TPSA) is 67.5 Å². The molecule has 136 valence electrons. The third-order valence-corrected chi connectivity index (χ3v) is 4.31. The Hall–Kier alpha value is -2.49. The van der Waals surface area contributed by atoms with Crippen molar-refractivity contribution in [2.45, 2.75) is 19.5 Å². The van der Waals surface area contributed by atoms with Crippen molar-refractivity contribution < 1.29 is 27.5 Å². The van der Waals surface area contributed by atoms with Gasteiger partial charge in [-0.1, -0.05) is 6.92 Å². The van der Waals surface area contributed by atoms with E-state index in [4.69, 9.17) is 0 Å². The van der Waals surface area contributed by atoms with Crippen molar-refractivity contribution in [3.63, 3.8) is 0 Å². The molecule has 3 rings (SSSR count). The lowest BCUT2D eigenvalue weighted by Gasteiger charge is -2.12. The zero-order valence-corrected chi connectivity index (χ0v) is 14.7. The van der Waals surface area contributed by atoms with E-state index in [1.165, 1.54) is 0 Å². The highest BCUT2D eigenvalue weighted by atomic mass is 79.9. The van der Waals surface area contributed by atoms with Gasteiger partial charge in [-0.2, -0.15) is 13.2 Å². The van der Waals surface area contributed by atoms with Crippen molar-refractivity contribution in [1.29, 1.82) is 0 Å². The molecule has 10 heteroatoms. The third kappa shape index (κ3) is 3.05. The highest BCUT2D eigenvalue weighted by molar-refractivity contribution is 9.10. The van der Waals surface area contributed by atoms with Crippen LogP contribution in [0, 0.1) is 5.82 Å². The number of ketones is 1. The first kappa shape index (κ1) is 18.3. The monoisotopic (exact) mass is 431 g/mol. The molecule has 0 fully saturated rings. The normalized spacial score (nSPS) is 11.9. The second-order valence-electron chi connectivity index (χ2n) is 5.38. The van der Waals surface area contributed by atoms with Gasteiger partial charge in [-0.15, -0.1) is 0 Å². The van der Waals surface area contributed by atoms with Crippen LogP contribution in [0.5, 0.6) is 5.75 Å². The zero-order chi connectivity index (χ0) is 19.2. The van der Waals surface area contributed by atoms with E-state index in [1.807, 2.05) is 0 Å². The molecule has 0 radical (unpaired) electrons. The summed E-state index contributed by atoms with van der Waals surface area (Å²) in [6.07, 6.45) is -2.65. The number of hydrogen-bond donors (Lipinski definition) is 1. The molecule has 0 bridgehead atoms. The Kier molecular flexibility index (Phi) is 4.47. The van der Waals surface area contributed by atoms with E-state index >= 15 is 0 Å². The van der Waals surface area contributed by atoms with Crippen molar-refractivity contribution in [2.24, 2.45) is 0 Å². The maximum Gasteiger partial charge on any atom is 0.420 e. The van der Waals surface area contributed by atoms with Gasteiger partial charge in [0, 0.05) is 5.56 Å². The summed E-state index contributed by atoms with van der Waals surface area (Å²) in [5.41, 5.74) is -1.50. The fourth-order valence-corrected chi connectivity index (χ4v) is 2.99. The fourth-order valence-electron chi connectivity index (χ4n) is 2.53. The summed E-state index contributed by atoms with van der Waals surface area (Å²) in [5.74, 6) is -2.49. The van der Waals surface area contributed by atoms with E-state index in [0.29, 0.717) is 6.07 Å². The van der Waals surface area contributed by atoms with Crippen molar-refractivity contribution in [3.05, 3.63) is 57.3 Å². The van der Waals surface area contributed by atoms with Crippen LogP contribution in [0.2, 0.25) is 0 Å². The standard InChI is InChI=1S/C16H10BrF4N3O2/c1-2-11-12(24-6-8(18)5-22-15(24)23-11)13(25)7-3-9(16(19,20)21)14(26)10(17)4-7/h3-6,26H,2H2,1H3. The van der Waals surface area contributed by atoms with Gasteiger partial charge in [0.2, 0.25) is 11.6 Å². The van der Waals surface area contributed by atoms with Gasteiger partial charge in [-0.25, -0.2) is 14.4 Å². The van der Waals surface area contributed by atoms with Gasteiger partial charge in [0.15, 0.2) is 5.82 Å². The molecule has 26 heavy (non-hydrogen) atoms. The van der Waals surface area contributed by atoms with Crippen molar-refractivity contribution in [1.82, 2.24) is 14.4 Å². The second-order valence-corrected chi connectivity index (χ2v) is 6.24. The van der Waals surface area contributed by atoms with E-state index in [2.05, 4.69) is 25.9 Å². The first-order chi connectivity index (χ1) is 12.1. The minimum absolute atomic E-state index is 0.0560. The van der Waals surface area contributed by atoms with Gasteiger partial charge in [0.1, 0.15) is 11.4 Å². The molecule has 2 heterocycles. The predicted octanol–water partition coefficient (Wildman–Crippen LogP) is 4.15. The number of benzene rings is 1. The Balaban J connectivity index is 2.24. The zero-order valence-electron chi connectivity index (χ0n) is 13.1. The lowest BCUT2D eigenvalue weighted by Crippen LogP contribution is -2.12. The highest BCUT2D eigenvalue weighted by Crippen LogP contribution is 2.40. The van der Waals surface area contributed by atoms with E-state index in [9.17, 15) is 27.5 Å². The van der Waals surface area contributed by atoms with Gasteiger partial charge < -0.3 is 5.11 Å². The van der Waals surface area contributed by atoms with Crippen molar-refractivity contribution in [3.8, 4) is 5.75 Å². The largest absolute Gasteiger partial charge is 0.506 e. The smallest absolute Gasteiger partial charge is 0.420 e. The van der Waals surface area contributed by atoms with E-state index < -0.39 is 29.1 Å². The molecule has 2 aromatic heterocycles. The molecule has 0 aliphatic carbocycles. The van der Waals surface area contributed by atoms with Crippen LogP contribution in [-0.4, -0.2) is 25.3 Å². The number of alkyl halides is 3. The Morgan fingerprint density at radius 1 is 1.35 bits per heavy atom. The van der Waals surface area contributed by atoms with Crippen LogP contribution in [0.25, 0.3) is 5.78 Å². The van der Waals surface area contributed by atoms with Gasteiger partial charge in [-0.05, 0) is 34.5 Å². The minimum Gasteiger partial charge on any atom is -0.506 e. The Morgan fingerprint density at radius 2 is 2.04 bits per heavy atom. The lowest BCUT2D eigenvalue weighted by atomic mass is 10.0. The summed E-state index contributed by atoms with van der Waals surface area (Å²) in [6, 6.07) is 1.62. The summed E-state index contributed by atoms with van der Waals surface area (Å²) in [5, 5.41) is 9.62. The Bertz CT molecular complexity index is 1030. The molecule has 1 N–H and O–H groups in total. The van der Waals surface area contributed by atoms with Crippen LogP contribution in [0.3, 0.4) is 0 Å². The average molecular weight is 432 g/mol. The quantitative estimate of drug-likeness (QED) is 0.499. The molecule has 0 amide bonds. The van der Waals surface area contributed by atoms with Gasteiger partial charge in [0.05, 0.1) is 28.1 Å². The number of carbonyl (C=O) groups is 1. The van der Waals surface area contributed by atoms with E-state index in [1.54, 1.807) is 6.92 Å². The summed E-state index contributed by atoms with van der Waals surface area (Å²) in [6.45, 7) is 1.70. The summed E-state index contributed by atoms with van der Waals surface area (Å²) in [4.78, 5) is 20.8. The van der Waals surface area contributed by atoms with Crippen LogP contribution in [0.4, 0.5) is 17.6 Å². The number of aromatic hydroxyl groups is 1. The van der Waals surface area contributed by atoms with Crippen LogP contribution in [0.1, 0.15) is 34.2 Å². The SMILES string of the molecule is CCc1nc2ncc(F)cn2c1C(=O)c1cc(Br)c(O)c(C(F)(F)F)c1. The van der Waals surface area contributed by atoms with Crippen molar-refractivity contribution >= 4 is 27.5 Å². The molecule has 3 aromatic rings.